The molecule has 0 aliphatic heterocycles. The van der Waals surface area contributed by atoms with E-state index >= 15 is 0 Å². The maximum absolute atomic E-state index is 4.59. The Bertz CT molecular complexity index is 411. The van der Waals surface area contributed by atoms with Gasteiger partial charge in [0.15, 0.2) is 0 Å². The Hall–Kier alpha value is -1.19. The van der Waals surface area contributed by atoms with Crippen molar-refractivity contribution in [3.05, 3.63) is 11.4 Å². The highest BCUT2D eigenvalue weighted by atomic mass is 15.2. The summed E-state index contributed by atoms with van der Waals surface area (Å²) in [5.74, 6) is 0.695. The summed E-state index contributed by atoms with van der Waals surface area (Å²) in [5, 5.41) is 11.9. The second-order valence-electron chi connectivity index (χ2n) is 5.96. The average molecular weight is 262 g/mol. The molecule has 1 N–H and O–H groups in total. The highest BCUT2D eigenvalue weighted by Gasteiger charge is 2.26. The predicted octanol–water partition coefficient (Wildman–Crippen LogP) is 3.38. The van der Waals surface area contributed by atoms with Crippen LogP contribution in [0.3, 0.4) is 0 Å². The van der Waals surface area contributed by atoms with E-state index < -0.39 is 0 Å². The number of hydrogen-bond acceptors (Lipinski definition) is 4. The molecule has 4 heteroatoms. The first-order valence-electron chi connectivity index (χ1n) is 7.63. The van der Waals surface area contributed by atoms with Crippen LogP contribution in [0.5, 0.6) is 0 Å². The maximum Gasteiger partial charge on any atom is 0.242 e. The lowest BCUT2D eigenvalue weighted by atomic mass is 9.76. The van der Waals surface area contributed by atoms with Crippen molar-refractivity contribution in [1.82, 2.24) is 15.2 Å². The summed E-state index contributed by atoms with van der Waals surface area (Å²) >= 11 is 0. The van der Waals surface area contributed by atoms with Gasteiger partial charge in [0, 0.05) is 6.54 Å². The summed E-state index contributed by atoms with van der Waals surface area (Å²) in [6.07, 6.45) is 8.53. The molecule has 0 bridgehead atoms. The van der Waals surface area contributed by atoms with E-state index in [4.69, 9.17) is 0 Å². The van der Waals surface area contributed by atoms with Gasteiger partial charge in [-0.05, 0) is 31.1 Å². The molecule has 0 amide bonds. The molecule has 2 rings (SSSR count). The highest BCUT2D eigenvalue weighted by molar-refractivity contribution is 5.26. The minimum atomic E-state index is 0.400. The van der Waals surface area contributed by atoms with Crippen molar-refractivity contribution in [2.75, 3.05) is 11.9 Å². The second kappa shape index (κ2) is 6.31. The standard InChI is InChI=1S/C15H26N4/c1-4-12-13(5-2)18-19-14(17-12)16-11-15(3)9-7-6-8-10-15/h4-11H2,1-3H3,(H,16,17,19). The van der Waals surface area contributed by atoms with Crippen LogP contribution in [0.4, 0.5) is 5.95 Å². The molecule has 0 spiro atoms. The summed E-state index contributed by atoms with van der Waals surface area (Å²) in [4.78, 5) is 4.59. The SMILES string of the molecule is CCc1nnc(NCC2(C)CCCCC2)nc1CC. The predicted molar refractivity (Wildman–Crippen MR) is 78.3 cm³/mol. The Morgan fingerprint density at radius 1 is 1.00 bits per heavy atom. The zero-order valence-corrected chi connectivity index (χ0v) is 12.5. The molecule has 1 aromatic heterocycles. The van der Waals surface area contributed by atoms with Gasteiger partial charge >= 0.3 is 0 Å². The van der Waals surface area contributed by atoms with Crippen molar-refractivity contribution in [1.29, 1.82) is 0 Å². The molecular weight excluding hydrogens is 236 g/mol. The molecule has 1 saturated carbocycles. The van der Waals surface area contributed by atoms with Gasteiger partial charge in [0.1, 0.15) is 0 Å². The first-order valence-corrected chi connectivity index (χ1v) is 7.63. The third-order valence-corrected chi connectivity index (χ3v) is 4.24. The number of anilines is 1. The number of nitrogens with one attached hydrogen (secondary N) is 1. The summed E-state index contributed by atoms with van der Waals surface area (Å²) in [6.45, 7) is 7.55. The largest absolute Gasteiger partial charge is 0.352 e. The number of hydrogen-bond donors (Lipinski definition) is 1. The molecule has 0 aromatic carbocycles. The van der Waals surface area contributed by atoms with E-state index in [0.717, 1.165) is 30.8 Å². The summed E-state index contributed by atoms with van der Waals surface area (Å²) in [5.41, 5.74) is 2.50. The van der Waals surface area contributed by atoms with Crippen LogP contribution < -0.4 is 5.32 Å². The number of aryl methyl sites for hydroxylation is 2. The van der Waals surface area contributed by atoms with Gasteiger partial charge < -0.3 is 5.32 Å². The lowest BCUT2D eigenvalue weighted by molar-refractivity contribution is 0.233. The molecule has 0 saturated heterocycles. The van der Waals surface area contributed by atoms with Gasteiger partial charge in [0.2, 0.25) is 5.95 Å². The van der Waals surface area contributed by atoms with Crippen molar-refractivity contribution in [3.63, 3.8) is 0 Å². The van der Waals surface area contributed by atoms with Gasteiger partial charge in [0.05, 0.1) is 11.4 Å². The van der Waals surface area contributed by atoms with Crippen LogP contribution in [0.2, 0.25) is 0 Å². The second-order valence-corrected chi connectivity index (χ2v) is 5.96. The Labute approximate surface area is 116 Å². The molecule has 4 nitrogen and oxygen atoms in total. The van der Waals surface area contributed by atoms with Gasteiger partial charge in [0.25, 0.3) is 0 Å². The van der Waals surface area contributed by atoms with Gasteiger partial charge in [-0.1, -0.05) is 40.0 Å². The van der Waals surface area contributed by atoms with Gasteiger partial charge in [-0.15, -0.1) is 5.10 Å². The minimum absolute atomic E-state index is 0.400. The molecule has 0 radical (unpaired) electrons. The number of rotatable bonds is 5. The van der Waals surface area contributed by atoms with Crippen LogP contribution in [-0.4, -0.2) is 21.7 Å². The van der Waals surface area contributed by atoms with E-state index in [0.29, 0.717) is 11.4 Å². The molecule has 1 aliphatic carbocycles. The van der Waals surface area contributed by atoms with Crippen LogP contribution in [0, 0.1) is 5.41 Å². The zero-order valence-electron chi connectivity index (χ0n) is 12.5. The molecule has 1 heterocycles. The summed E-state index contributed by atoms with van der Waals surface area (Å²) in [6, 6.07) is 0. The fraction of sp³-hybridized carbons (Fsp3) is 0.800. The van der Waals surface area contributed by atoms with Gasteiger partial charge in [-0.2, -0.15) is 5.10 Å². The first-order chi connectivity index (χ1) is 9.17. The molecule has 106 valence electrons. The Kier molecular flexibility index (Phi) is 4.72. The molecule has 1 aromatic rings. The molecule has 0 unspecified atom stereocenters. The van der Waals surface area contributed by atoms with Crippen molar-refractivity contribution in [2.24, 2.45) is 5.41 Å². The topological polar surface area (TPSA) is 50.7 Å². The molecule has 0 atom stereocenters. The molecule has 1 aliphatic rings. The van der Waals surface area contributed by atoms with E-state index in [1.165, 1.54) is 32.1 Å². The third-order valence-electron chi connectivity index (χ3n) is 4.24. The van der Waals surface area contributed by atoms with Crippen molar-refractivity contribution < 1.29 is 0 Å². The quantitative estimate of drug-likeness (QED) is 0.884. The van der Waals surface area contributed by atoms with E-state index in [-0.39, 0.29) is 0 Å². The number of nitrogens with zero attached hydrogens (tertiary/aromatic N) is 3. The summed E-state index contributed by atoms with van der Waals surface area (Å²) in [7, 11) is 0. The highest BCUT2D eigenvalue weighted by Crippen LogP contribution is 2.35. The van der Waals surface area contributed by atoms with E-state index in [2.05, 4.69) is 41.3 Å². The van der Waals surface area contributed by atoms with Crippen LogP contribution in [0.15, 0.2) is 0 Å². The van der Waals surface area contributed by atoms with Gasteiger partial charge in [-0.3, -0.25) is 0 Å². The fourth-order valence-electron chi connectivity index (χ4n) is 2.89. The number of aromatic nitrogens is 3. The van der Waals surface area contributed by atoms with Crippen molar-refractivity contribution >= 4 is 5.95 Å². The van der Waals surface area contributed by atoms with Crippen molar-refractivity contribution in [3.8, 4) is 0 Å². The Morgan fingerprint density at radius 2 is 1.68 bits per heavy atom. The Balaban J connectivity index is 1.99. The van der Waals surface area contributed by atoms with Crippen LogP contribution >= 0.6 is 0 Å². The normalized spacial score (nSPS) is 18.3. The van der Waals surface area contributed by atoms with E-state index in [1.807, 2.05) is 0 Å². The monoisotopic (exact) mass is 262 g/mol. The third kappa shape index (κ3) is 3.64. The lowest BCUT2D eigenvalue weighted by Crippen LogP contribution is -2.29. The minimum Gasteiger partial charge on any atom is -0.352 e. The smallest absolute Gasteiger partial charge is 0.242 e. The Morgan fingerprint density at radius 3 is 2.32 bits per heavy atom. The molecule has 19 heavy (non-hydrogen) atoms. The first kappa shape index (κ1) is 14.2. The average Bonchev–Trinajstić information content (AvgIpc) is 2.45. The molecular formula is C15H26N4. The van der Waals surface area contributed by atoms with E-state index in [9.17, 15) is 0 Å². The summed E-state index contributed by atoms with van der Waals surface area (Å²) < 4.78 is 0. The van der Waals surface area contributed by atoms with Crippen LogP contribution in [0.25, 0.3) is 0 Å². The van der Waals surface area contributed by atoms with E-state index in [1.54, 1.807) is 0 Å². The maximum atomic E-state index is 4.59. The lowest BCUT2D eigenvalue weighted by Gasteiger charge is -2.33. The molecule has 1 fully saturated rings. The van der Waals surface area contributed by atoms with Crippen LogP contribution in [-0.2, 0) is 12.8 Å². The zero-order chi connectivity index (χ0) is 13.7. The van der Waals surface area contributed by atoms with Crippen LogP contribution in [0.1, 0.15) is 64.3 Å². The fourth-order valence-corrected chi connectivity index (χ4v) is 2.89. The van der Waals surface area contributed by atoms with Gasteiger partial charge in [-0.25, -0.2) is 4.98 Å². The van der Waals surface area contributed by atoms with Crippen molar-refractivity contribution in [2.45, 2.75) is 65.7 Å².